The second kappa shape index (κ2) is 9.24. The lowest BCUT2D eigenvalue weighted by Gasteiger charge is -2.06. The van der Waals surface area contributed by atoms with Gasteiger partial charge in [-0.1, -0.05) is 90.4 Å². The van der Waals surface area contributed by atoms with Crippen LogP contribution in [0.5, 0.6) is 0 Å². The summed E-state index contributed by atoms with van der Waals surface area (Å²) >= 11 is 0. The summed E-state index contributed by atoms with van der Waals surface area (Å²) in [6.45, 7) is 2.29. The molecule has 0 spiro atoms. The van der Waals surface area contributed by atoms with Gasteiger partial charge in [0, 0.05) is 0 Å². The maximum absolute atomic E-state index is 2.29. The molecule has 0 N–H and O–H groups in total. The summed E-state index contributed by atoms with van der Waals surface area (Å²) in [6.07, 6.45) is 19.4. The molecule has 15 heavy (non-hydrogen) atoms. The highest BCUT2D eigenvalue weighted by atomic mass is 14.2. The molecule has 0 heteroatoms. The molecule has 0 heterocycles. The minimum Gasteiger partial charge on any atom is -0.0654 e. The van der Waals surface area contributed by atoms with Crippen molar-refractivity contribution in [2.45, 2.75) is 90.4 Å². The van der Waals surface area contributed by atoms with E-state index in [0.29, 0.717) is 0 Å². The van der Waals surface area contributed by atoms with Gasteiger partial charge in [0.2, 0.25) is 0 Å². The highest BCUT2D eigenvalue weighted by Crippen LogP contribution is 2.28. The van der Waals surface area contributed by atoms with E-state index >= 15 is 0 Å². The van der Waals surface area contributed by atoms with E-state index in [-0.39, 0.29) is 0 Å². The molecule has 0 radical (unpaired) electrons. The minimum absolute atomic E-state index is 1.12. The summed E-state index contributed by atoms with van der Waals surface area (Å²) in [5.74, 6) is 1.12. The summed E-state index contributed by atoms with van der Waals surface area (Å²) in [5.41, 5.74) is 0. The van der Waals surface area contributed by atoms with Crippen LogP contribution in [-0.4, -0.2) is 0 Å². The summed E-state index contributed by atoms with van der Waals surface area (Å²) in [7, 11) is 0. The summed E-state index contributed by atoms with van der Waals surface area (Å²) < 4.78 is 0. The zero-order valence-electron chi connectivity index (χ0n) is 10.8. The molecule has 0 aliphatic heterocycles. The van der Waals surface area contributed by atoms with E-state index in [1.54, 1.807) is 0 Å². The molecular weight excluding hydrogens is 180 g/mol. The third kappa shape index (κ3) is 6.98. The lowest BCUT2D eigenvalue weighted by molar-refractivity contribution is 0.471. The summed E-state index contributed by atoms with van der Waals surface area (Å²) in [6, 6.07) is 0. The van der Waals surface area contributed by atoms with Crippen molar-refractivity contribution in [2.24, 2.45) is 5.92 Å². The van der Waals surface area contributed by atoms with E-state index in [4.69, 9.17) is 0 Å². The van der Waals surface area contributed by atoms with Crippen LogP contribution in [0.4, 0.5) is 0 Å². The van der Waals surface area contributed by atoms with Crippen LogP contribution in [0.25, 0.3) is 0 Å². The van der Waals surface area contributed by atoms with Crippen molar-refractivity contribution >= 4 is 0 Å². The SMILES string of the molecule is C1CCCC1.CCCCCC1CCCC1. The van der Waals surface area contributed by atoms with E-state index in [0.717, 1.165) is 5.92 Å². The van der Waals surface area contributed by atoms with Crippen LogP contribution in [0.2, 0.25) is 0 Å². The van der Waals surface area contributed by atoms with Crippen LogP contribution in [0.3, 0.4) is 0 Å². The first kappa shape index (κ1) is 13.1. The lowest BCUT2D eigenvalue weighted by Crippen LogP contribution is -1.91. The van der Waals surface area contributed by atoms with Crippen LogP contribution in [-0.2, 0) is 0 Å². The number of hydrogen-bond donors (Lipinski definition) is 0. The summed E-state index contributed by atoms with van der Waals surface area (Å²) in [4.78, 5) is 0. The van der Waals surface area contributed by atoms with E-state index in [1.165, 1.54) is 83.5 Å². The Morgan fingerprint density at radius 1 is 0.733 bits per heavy atom. The molecular formula is C15H30. The third-order valence-electron chi connectivity index (χ3n) is 3.94. The smallest absolute Gasteiger partial charge is 0.0414 e. The second-order valence-corrected chi connectivity index (χ2v) is 5.41. The van der Waals surface area contributed by atoms with Crippen molar-refractivity contribution in [3.63, 3.8) is 0 Å². The fourth-order valence-corrected chi connectivity index (χ4v) is 2.87. The monoisotopic (exact) mass is 210 g/mol. The molecule has 0 aromatic rings. The van der Waals surface area contributed by atoms with Crippen LogP contribution in [0.15, 0.2) is 0 Å². The molecule has 0 nitrogen and oxygen atoms in total. The highest BCUT2D eigenvalue weighted by Gasteiger charge is 2.13. The molecule has 2 aliphatic carbocycles. The van der Waals surface area contributed by atoms with E-state index < -0.39 is 0 Å². The Morgan fingerprint density at radius 3 is 1.73 bits per heavy atom. The van der Waals surface area contributed by atoms with Crippen molar-refractivity contribution in [2.75, 3.05) is 0 Å². The Kier molecular flexibility index (Phi) is 8.05. The molecule has 0 amide bonds. The molecule has 2 saturated carbocycles. The minimum atomic E-state index is 1.12. The lowest BCUT2D eigenvalue weighted by atomic mass is 10.0. The van der Waals surface area contributed by atoms with Crippen molar-refractivity contribution in [3.8, 4) is 0 Å². The molecule has 0 unspecified atom stereocenters. The van der Waals surface area contributed by atoms with Crippen LogP contribution in [0.1, 0.15) is 90.4 Å². The van der Waals surface area contributed by atoms with Crippen molar-refractivity contribution < 1.29 is 0 Å². The first-order valence-electron chi connectivity index (χ1n) is 7.43. The highest BCUT2D eigenvalue weighted by molar-refractivity contribution is 4.66. The average molecular weight is 210 g/mol. The van der Waals surface area contributed by atoms with Crippen LogP contribution < -0.4 is 0 Å². The van der Waals surface area contributed by atoms with Gasteiger partial charge in [0.05, 0.1) is 0 Å². The molecule has 90 valence electrons. The van der Waals surface area contributed by atoms with Gasteiger partial charge in [-0.15, -0.1) is 0 Å². The fourth-order valence-electron chi connectivity index (χ4n) is 2.87. The predicted molar refractivity (Wildman–Crippen MR) is 69.2 cm³/mol. The van der Waals surface area contributed by atoms with E-state index in [9.17, 15) is 0 Å². The fraction of sp³-hybridized carbons (Fsp3) is 1.00. The summed E-state index contributed by atoms with van der Waals surface area (Å²) in [5, 5.41) is 0. The molecule has 2 fully saturated rings. The van der Waals surface area contributed by atoms with Gasteiger partial charge in [0.25, 0.3) is 0 Å². The number of unbranched alkanes of at least 4 members (excludes halogenated alkanes) is 2. The topological polar surface area (TPSA) is 0 Å². The third-order valence-corrected chi connectivity index (χ3v) is 3.94. The molecule has 0 bridgehead atoms. The zero-order chi connectivity index (χ0) is 10.8. The Labute approximate surface area is 96.8 Å². The predicted octanol–water partition coefficient (Wildman–Crippen LogP) is 5.71. The van der Waals surface area contributed by atoms with Crippen molar-refractivity contribution in [3.05, 3.63) is 0 Å². The van der Waals surface area contributed by atoms with E-state index in [2.05, 4.69) is 6.92 Å². The van der Waals surface area contributed by atoms with Gasteiger partial charge in [-0.05, 0) is 5.92 Å². The number of hydrogen-bond acceptors (Lipinski definition) is 0. The van der Waals surface area contributed by atoms with Crippen molar-refractivity contribution in [1.82, 2.24) is 0 Å². The molecule has 0 aromatic heterocycles. The van der Waals surface area contributed by atoms with E-state index in [1.807, 2.05) is 0 Å². The Morgan fingerprint density at radius 2 is 1.27 bits per heavy atom. The second-order valence-electron chi connectivity index (χ2n) is 5.41. The van der Waals surface area contributed by atoms with Gasteiger partial charge in [-0.2, -0.15) is 0 Å². The average Bonchev–Trinajstić information content (AvgIpc) is 2.94. The van der Waals surface area contributed by atoms with Gasteiger partial charge in [-0.25, -0.2) is 0 Å². The molecule has 2 aliphatic rings. The Balaban J connectivity index is 0.000000187. The maximum atomic E-state index is 2.29. The maximum Gasteiger partial charge on any atom is -0.0414 e. The standard InChI is InChI=1S/C10H20.C5H10/c1-2-3-4-7-10-8-5-6-9-10;1-2-4-5-3-1/h10H,2-9H2,1H3;1-5H2. The van der Waals surface area contributed by atoms with Gasteiger partial charge >= 0.3 is 0 Å². The van der Waals surface area contributed by atoms with Gasteiger partial charge < -0.3 is 0 Å². The van der Waals surface area contributed by atoms with Crippen LogP contribution in [0, 0.1) is 5.92 Å². The quantitative estimate of drug-likeness (QED) is 0.521. The first-order chi connectivity index (χ1) is 7.43. The van der Waals surface area contributed by atoms with Gasteiger partial charge in [0.15, 0.2) is 0 Å². The molecule has 0 saturated heterocycles. The zero-order valence-corrected chi connectivity index (χ0v) is 10.8. The van der Waals surface area contributed by atoms with Crippen LogP contribution >= 0.6 is 0 Å². The van der Waals surface area contributed by atoms with Crippen molar-refractivity contribution in [1.29, 1.82) is 0 Å². The Hall–Kier alpha value is 0. The number of rotatable bonds is 4. The van der Waals surface area contributed by atoms with Gasteiger partial charge in [0.1, 0.15) is 0 Å². The Bertz CT molecular complexity index is 110. The first-order valence-corrected chi connectivity index (χ1v) is 7.43. The molecule has 0 atom stereocenters. The molecule has 0 aromatic carbocycles. The van der Waals surface area contributed by atoms with Gasteiger partial charge in [-0.3, -0.25) is 0 Å². The largest absolute Gasteiger partial charge is 0.0654 e. The normalized spacial score (nSPS) is 21.4. The molecule has 2 rings (SSSR count).